The zero-order chi connectivity index (χ0) is 10.1. The van der Waals surface area contributed by atoms with Crippen LogP contribution in [0.1, 0.15) is 11.1 Å². The second-order valence-corrected chi connectivity index (χ2v) is 4.85. The Balaban J connectivity index is 3.35. The van der Waals surface area contributed by atoms with Gasteiger partial charge in [-0.1, -0.05) is 12.6 Å². The van der Waals surface area contributed by atoms with Crippen molar-refractivity contribution in [2.45, 2.75) is 18.7 Å². The molecule has 1 aromatic carbocycles. The Morgan fingerprint density at radius 3 is 2.31 bits per heavy atom. The highest BCUT2D eigenvalue weighted by Gasteiger charge is 2.09. The van der Waals surface area contributed by atoms with Crippen LogP contribution in [0.5, 0.6) is 0 Å². The van der Waals surface area contributed by atoms with E-state index in [4.69, 9.17) is 0 Å². The van der Waals surface area contributed by atoms with Crippen molar-refractivity contribution in [3.05, 3.63) is 41.3 Å². The van der Waals surface area contributed by atoms with E-state index in [2.05, 4.69) is 6.58 Å². The monoisotopic (exact) mass is 196 g/mol. The maximum atomic E-state index is 11.3. The van der Waals surface area contributed by atoms with E-state index in [1.165, 1.54) is 0 Å². The van der Waals surface area contributed by atoms with Crippen molar-refractivity contribution in [3.8, 4) is 0 Å². The number of sulfone groups is 1. The lowest BCUT2D eigenvalue weighted by molar-refractivity contribution is 0.604. The van der Waals surface area contributed by atoms with Crippen LogP contribution in [-0.4, -0.2) is 8.42 Å². The molecule has 0 unspecified atom stereocenters. The average Bonchev–Trinajstić information content (AvgIpc) is 2.09. The molecule has 2 nitrogen and oxygen atoms in total. The lowest BCUT2D eigenvalue weighted by atomic mass is 10.1. The van der Waals surface area contributed by atoms with E-state index in [1.807, 2.05) is 13.8 Å². The van der Waals surface area contributed by atoms with E-state index in [0.29, 0.717) is 4.90 Å². The number of aryl methyl sites for hydroxylation is 2. The normalized spacial score (nSPS) is 11.2. The number of hydrogen-bond donors (Lipinski definition) is 0. The number of hydrogen-bond acceptors (Lipinski definition) is 2. The first-order chi connectivity index (χ1) is 5.97. The summed E-state index contributed by atoms with van der Waals surface area (Å²) in [6, 6.07) is 5.05. The summed E-state index contributed by atoms with van der Waals surface area (Å²) >= 11 is 0. The summed E-state index contributed by atoms with van der Waals surface area (Å²) in [6.45, 7) is 7.10. The van der Waals surface area contributed by atoms with Gasteiger partial charge in [0, 0.05) is 5.41 Å². The van der Waals surface area contributed by atoms with E-state index >= 15 is 0 Å². The quantitative estimate of drug-likeness (QED) is 0.726. The van der Waals surface area contributed by atoms with E-state index in [0.717, 1.165) is 16.5 Å². The van der Waals surface area contributed by atoms with Crippen molar-refractivity contribution < 1.29 is 8.42 Å². The van der Waals surface area contributed by atoms with Crippen LogP contribution in [0.2, 0.25) is 0 Å². The van der Waals surface area contributed by atoms with Crippen LogP contribution in [0.3, 0.4) is 0 Å². The van der Waals surface area contributed by atoms with Gasteiger partial charge in [-0.05, 0) is 37.1 Å². The molecule has 0 fully saturated rings. The zero-order valence-corrected chi connectivity index (χ0v) is 8.56. The van der Waals surface area contributed by atoms with Crippen molar-refractivity contribution in [1.82, 2.24) is 0 Å². The van der Waals surface area contributed by atoms with Gasteiger partial charge in [-0.15, -0.1) is 0 Å². The molecule has 0 atom stereocenters. The standard InChI is InChI=1S/C10H12O2S/c1-4-13(11,12)10-6-5-8(2)9(3)7-10/h4-7H,1H2,2-3H3. The van der Waals surface area contributed by atoms with Crippen LogP contribution in [0.4, 0.5) is 0 Å². The van der Waals surface area contributed by atoms with Crippen LogP contribution in [0.25, 0.3) is 0 Å². The number of rotatable bonds is 2. The molecule has 1 aromatic rings. The average molecular weight is 196 g/mol. The third-order valence-corrected chi connectivity index (χ3v) is 3.38. The first-order valence-corrected chi connectivity index (χ1v) is 5.47. The fraction of sp³-hybridized carbons (Fsp3) is 0.200. The van der Waals surface area contributed by atoms with Gasteiger partial charge in [-0.2, -0.15) is 0 Å². The highest BCUT2D eigenvalue weighted by molar-refractivity contribution is 7.94. The van der Waals surface area contributed by atoms with Gasteiger partial charge in [0.25, 0.3) is 0 Å². The molecule has 13 heavy (non-hydrogen) atoms. The van der Waals surface area contributed by atoms with E-state index < -0.39 is 9.84 Å². The van der Waals surface area contributed by atoms with Gasteiger partial charge in [0.05, 0.1) is 4.90 Å². The molecular formula is C10H12O2S. The van der Waals surface area contributed by atoms with Crippen LogP contribution in [0.15, 0.2) is 35.1 Å². The molecule has 0 heterocycles. The fourth-order valence-electron chi connectivity index (χ4n) is 0.987. The minimum absolute atomic E-state index is 0.311. The molecule has 0 spiro atoms. The van der Waals surface area contributed by atoms with Gasteiger partial charge >= 0.3 is 0 Å². The summed E-state index contributed by atoms with van der Waals surface area (Å²) in [4.78, 5) is 0.311. The molecule has 0 N–H and O–H groups in total. The predicted molar refractivity (Wildman–Crippen MR) is 53.3 cm³/mol. The van der Waals surface area contributed by atoms with Crippen LogP contribution in [0, 0.1) is 13.8 Å². The Kier molecular flexibility index (Phi) is 2.57. The summed E-state index contributed by atoms with van der Waals surface area (Å²) in [7, 11) is -3.27. The summed E-state index contributed by atoms with van der Waals surface area (Å²) in [5.41, 5.74) is 2.06. The van der Waals surface area contributed by atoms with Gasteiger partial charge < -0.3 is 0 Å². The first kappa shape index (κ1) is 9.99. The van der Waals surface area contributed by atoms with Crippen LogP contribution < -0.4 is 0 Å². The molecule has 0 aliphatic carbocycles. The van der Waals surface area contributed by atoms with Gasteiger partial charge in [0.1, 0.15) is 0 Å². The smallest absolute Gasteiger partial charge is 0.199 e. The predicted octanol–water partition coefficient (Wildman–Crippen LogP) is 2.22. The van der Waals surface area contributed by atoms with Crippen molar-refractivity contribution in [2.75, 3.05) is 0 Å². The molecule has 70 valence electrons. The molecule has 0 amide bonds. The minimum Gasteiger partial charge on any atom is -0.219 e. The Bertz CT molecular complexity index is 430. The van der Waals surface area contributed by atoms with E-state index in [9.17, 15) is 8.42 Å². The topological polar surface area (TPSA) is 34.1 Å². The highest BCUT2D eigenvalue weighted by atomic mass is 32.2. The van der Waals surface area contributed by atoms with Crippen molar-refractivity contribution in [2.24, 2.45) is 0 Å². The molecule has 0 aliphatic rings. The SMILES string of the molecule is C=CS(=O)(=O)c1ccc(C)c(C)c1. The molecule has 1 rings (SSSR count). The summed E-state index contributed by atoms with van der Waals surface area (Å²) in [5, 5.41) is 0.969. The maximum Gasteiger partial charge on any atom is 0.199 e. The molecule has 3 heteroatoms. The molecule has 0 bridgehead atoms. The van der Waals surface area contributed by atoms with Crippen LogP contribution in [-0.2, 0) is 9.84 Å². The number of benzene rings is 1. The molecule has 0 aromatic heterocycles. The largest absolute Gasteiger partial charge is 0.219 e. The third kappa shape index (κ3) is 1.98. The molecule has 0 radical (unpaired) electrons. The Hall–Kier alpha value is -1.09. The van der Waals surface area contributed by atoms with Crippen molar-refractivity contribution in [1.29, 1.82) is 0 Å². The highest BCUT2D eigenvalue weighted by Crippen LogP contribution is 2.16. The van der Waals surface area contributed by atoms with Gasteiger partial charge in [0.2, 0.25) is 0 Å². The fourth-order valence-corrected chi connectivity index (χ4v) is 1.78. The molecule has 0 saturated heterocycles. The van der Waals surface area contributed by atoms with Gasteiger partial charge in [0.15, 0.2) is 9.84 Å². The second kappa shape index (κ2) is 3.34. The Morgan fingerprint density at radius 1 is 1.23 bits per heavy atom. The van der Waals surface area contributed by atoms with E-state index in [1.54, 1.807) is 18.2 Å². The zero-order valence-electron chi connectivity index (χ0n) is 7.74. The van der Waals surface area contributed by atoms with Crippen molar-refractivity contribution >= 4 is 9.84 Å². The van der Waals surface area contributed by atoms with Gasteiger partial charge in [-0.25, -0.2) is 8.42 Å². The summed E-state index contributed by atoms with van der Waals surface area (Å²) in [6.07, 6.45) is 0. The first-order valence-electron chi connectivity index (χ1n) is 3.92. The minimum atomic E-state index is -3.27. The molecule has 0 aliphatic heterocycles. The lowest BCUT2D eigenvalue weighted by Gasteiger charge is -2.02. The van der Waals surface area contributed by atoms with Crippen LogP contribution >= 0.6 is 0 Å². The second-order valence-electron chi connectivity index (χ2n) is 2.96. The Labute approximate surface area is 78.8 Å². The van der Waals surface area contributed by atoms with E-state index in [-0.39, 0.29) is 0 Å². The Morgan fingerprint density at radius 2 is 1.85 bits per heavy atom. The van der Waals surface area contributed by atoms with Crippen molar-refractivity contribution in [3.63, 3.8) is 0 Å². The molecule has 0 saturated carbocycles. The maximum absolute atomic E-state index is 11.3. The summed E-state index contributed by atoms with van der Waals surface area (Å²) < 4.78 is 22.7. The lowest BCUT2D eigenvalue weighted by Crippen LogP contribution is -1.96. The van der Waals surface area contributed by atoms with Gasteiger partial charge in [-0.3, -0.25) is 0 Å². The summed E-state index contributed by atoms with van der Waals surface area (Å²) in [5.74, 6) is 0. The third-order valence-electron chi connectivity index (χ3n) is 2.03. The molecular weight excluding hydrogens is 184 g/mol.